The van der Waals surface area contributed by atoms with E-state index in [2.05, 4.69) is 6.92 Å². The van der Waals surface area contributed by atoms with Crippen molar-refractivity contribution in [3.8, 4) is 0 Å². The van der Waals surface area contributed by atoms with E-state index < -0.39 is 28.5 Å². The van der Waals surface area contributed by atoms with E-state index in [-0.39, 0.29) is 24.7 Å². The van der Waals surface area contributed by atoms with Crippen LogP contribution in [0.3, 0.4) is 0 Å². The summed E-state index contributed by atoms with van der Waals surface area (Å²) in [5, 5.41) is 22.4. The highest BCUT2D eigenvalue weighted by Crippen LogP contribution is 2.70. The van der Waals surface area contributed by atoms with Crippen molar-refractivity contribution < 1.29 is 24.5 Å². The molecule has 0 amide bonds. The summed E-state index contributed by atoms with van der Waals surface area (Å²) < 4.78 is 11.7. The van der Waals surface area contributed by atoms with Gasteiger partial charge in [0.1, 0.15) is 11.7 Å². The molecule has 0 radical (unpaired) electrons. The average molecular weight is 306 g/mol. The Hall–Kier alpha value is -0.750. The van der Waals surface area contributed by atoms with Crippen LogP contribution in [0.2, 0.25) is 0 Å². The average Bonchev–Trinajstić information content (AvgIpc) is 3.06. The molecule has 0 aromatic carbocycles. The molecule has 2 saturated carbocycles. The van der Waals surface area contributed by atoms with Gasteiger partial charge in [0.15, 0.2) is 5.78 Å². The number of hydrogen-bond acceptors (Lipinski definition) is 5. The zero-order chi connectivity index (χ0) is 15.5. The number of fused-ring (bicyclic) bond motifs is 6. The molecule has 5 aliphatic rings. The molecule has 5 rings (SSSR count). The Morgan fingerprint density at radius 2 is 2.09 bits per heavy atom. The lowest BCUT2D eigenvalue weighted by atomic mass is 9.54. The Morgan fingerprint density at radius 1 is 1.32 bits per heavy atom. The molecule has 3 aliphatic carbocycles. The lowest BCUT2D eigenvalue weighted by Gasteiger charge is -2.49. The molecule has 0 aromatic rings. The van der Waals surface area contributed by atoms with Crippen molar-refractivity contribution in [2.24, 2.45) is 11.3 Å². The van der Waals surface area contributed by atoms with Crippen LogP contribution in [-0.2, 0) is 14.3 Å². The molecule has 1 spiro atoms. The minimum Gasteiger partial charge on any atom is -0.382 e. The van der Waals surface area contributed by atoms with E-state index in [4.69, 9.17) is 9.47 Å². The van der Waals surface area contributed by atoms with Crippen LogP contribution in [0.5, 0.6) is 0 Å². The van der Waals surface area contributed by atoms with E-state index in [9.17, 15) is 15.0 Å². The number of Topliss-reactive ketones (excluding diaryl/α,β-unsaturated/α-hetero) is 1. The van der Waals surface area contributed by atoms with Crippen LogP contribution in [0.25, 0.3) is 0 Å². The van der Waals surface area contributed by atoms with Gasteiger partial charge in [-0.15, -0.1) is 0 Å². The van der Waals surface area contributed by atoms with Crippen LogP contribution < -0.4 is 0 Å². The third-order valence-corrected chi connectivity index (χ3v) is 7.13. The van der Waals surface area contributed by atoms with E-state index in [1.54, 1.807) is 0 Å². The molecule has 2 N–H and O–H groups in total. The van der Waals surface area contributed by atoms with Gasteiger partial charge in [0.25, 0.3) is 0 Å². The summed E-state index contributed by atoms with van der Waals surface area (Å²) >= 11 is 0. The summed E-state index contributed by atoms with van der Waals surface area (Å²) in [6, 6.07) is 0. The van der Waals surface area contributed by atoms with Crippen LogP contribution in [0.4, 0.5) is 0 Å². The van der Waals surface area contributed by atoms with Crippen molar-refractivity contribution in [1.29, 1.82) is 0 Å². The summed E-state index contributed by atoms with van der Waals surface area (Å²) in [4.78, 5) is 13.1. The van der Waals surface area contributed by atoms with Gasteiger partial charge < -0.3 is 19.7 Å². The van der Waals surface area contributed by atoms with Crippen molar-refractivity contribution in [3.63, 3.8) is 0 Å². The van der Waals surface area contributed by atoms with E-state index >= 15 is 0 Å². The number of aliphatic hydroxyl groups is 2. The number of carbonyl (C=O) groups is 1. The maximum atomic E-state index is 13.1. The summed E-state index contributed by atoms with van der Waals surface area (Å²) in [5.41, 5.74) is -0.510. The molecule has 22 heavy (non-hydrogen) atoms. The highest BCUT2D eigenvalue weighted by Gasteiger charge is 2.82. The Bertz CT molecular complexity index is 641. The second-order valence-electron chi connectivity index (χ2n) is 8.29. The predicted molar refractivity (Wildman–Crippen MR) is 75.8 cm³/mol. The minimum absolute atomic E-state index is 0.0273. The molecule has 5 heteroatoms. The molecule has 2 saturated heterocycles. The third-order valence-electron chi connectivity index (χ3n) is 7.13. The second-order valence-corrected chi connectivity index (χ2v) is 8.29. The molecule has 6 atom stereocenters. The van der Waals surface area contributed by atoms with Crippen LogP contribution >= 0.6 is 0 Å². The Balaban J connectivity index is 1.76. The lowest BCUT2D eigenvalue weighted by Crippen LogP contribution is -2.69. The van der Waals surface area contributed by atoms with Gasteiger partial charge in [0.2, 0.25) is 5.79 Å². The van der Waals surface area contributed by atoms with Crippen molar-refractivity contribution in [3.05, 3.63) is 11.1 Å². The van der Waals surface area contributed by atoms with E-state index in [1.165, 1.54) is 11.1 Å². The van der Waals surface area contributed by atoms with E-state index in [0.29, 0.717) is 12.8 Å². The molecule has 5 nitrogen and oxygen atoms in total. The zero-order valence-corrected chi connectivity index (χ0v) is 13.0. The summed E-state index contributed by atoms with van der Waals surface area (Å²) in [6.07, 6.45) is 2.58. The first-order valence-electron chi connectivity index (χ1n) is 8.24. The Morgan fingerprint density at radius 3 is 2.86 bits per heavy atom. The van der Waals surface area contributed by atoms with Crippen LogP contribution in [0.15, 0.2) is 11.1 Å². The van der Waals surface area contributed by atoms with Gasteiger partial charge in [-0.1, -0.05) is 11.1 Å². The number of carbonyl (C=O) groups excluding carboxylic acids is 1. The van der Waals surface area contributed by atoms with E-state index in [0.717, 1.165) is 12.8 Å². The number of allylic oxidation sites excluding steroid dienone is 1. The smallest absolute Gasteiger partial charge is 0.211 e. The first-order valence-corrected chi connectivity index (χ1v) is 8.24. The first-order chi connectivity index (χ1) is 10.2. The van der Waals surface area contributed by atoms with Gasteiger partial charge in [-0.05, 0) is 39.5 Å². The van der Waals surface area contributed by atoms with Gasteiger partial charge in [-0.2, -0.15) is 0 Å². The third kappa shape index (κ3) is 1.16. The van der Waals surface area contributed by atoms with Crippen molar-refractivity contribution in [2.45, 2.75) is 69.0 Å². The largest absolute Gasteiger partial charge is 0.382 e. The number of hydrogen-bond donors (Lipinski definition) is 2. The maximum absolute atomic E-state index is 13.1. The van der Waals surface area contributed by atoms with Crippen LogP contribution in [0.1, 0.15) is 46.0 Å². The molecular formula is C17H22O5. The standard InChI is InChI=1S/C17H22O5/c1-9-3-4-11-10(9)5-15-7-14(11,2)22-17(15,20)16(19)6-12(13(15)18)21-8-16/h11-12,19-20H,3-8H2,1-2H3/t11-,12+,14+,15+,16-,17+/m1/s1. The minimum atomic E-state index is -1.82. The maximum Gasteiger partial charge on any atom is 0.211 e. The van der Waals surface area contributed by atoms with Crippen molar-refractivity contribution >= 4 is 5.78 Å². The fourth-order valence-electron chi connectivity index (χ4n) is 6.09. The lowest BCUT2D eigenvalue weighted by molar-refractivity contribution is -0.332. The highest BCUT2D eigenvalue weighted by molar-refractivity contribution is 5.93. The topological polar surface area (TPSA) is 76.0 Å². The first kappa shape index (κ1) is 13.7. The van der Waals surface area contributed by atoms with E-state index in [1.807, 2.05) is 6.92 Å². The van der Waals surface area contributed by atoms with Crippen LogP contribution in [-0.4, -0.2) is 45.7 Å². The SMILES string of the molecule is CC1=C2C[C@@]34C[C@](C)(O[C@]3(O)[C@]3(O)CO[C@@H](C3)C4=O)[C@@H]2CC1. The molecule has 2 aliphatic heterocycles. The van der Waals surface area contributed by atoms with Crippen molar-refractivity contribution in [1.82, 2.24) is 0 Å². The van der Waals surface area contributed by atoms with Gasteiger partial charge in [0, 0.05) is 12.3 Å². The Kier molecular flexibility index (Phi) is 2.18. The highest BCUT2D eigenvalue weighted by atomic mass is 16.7. The van der Waals surface area contributed by atoms with Gasteiger partial charge >= 0.3 is 0 Å². The summed E-state index contributed by atoms with van der Waals surface area (Å²) in [6.45, 7) is 4.09. The number of ether oxygens (including phenoxy) is 2. The van der Waals surface area contributed by atoms with Crippen molar-refractivity contribution in [2.75, 3.05) is 6.61 Å². The molecule has 4 fully saturated rings. The fraction of sp³-hybridized carbons (Fsp3) is 0.824. The van der Waals surface area contributed by atoms with Gasteiger partial charge in [-0.25, -0.2) is 0 Å². The predicted octanol–water partition coefficient (Wildman–Crippen LogP) is 1.07. The van der Waals surface area contributed by atoms with Gasteiger partial charge in [-0.3, -0.25) is 4.79 Å². The number of ketones is 1. The molecule has 120 valence electrons. The summed E-state index contributed by atoms with van der Waals surface area (Å²) in [5.74, 6) is -1.65. The molecule has 0 unspecified atom stereocenters. The fourth-order valence-corrected chi connectivity index (χ4v) is 6.09. The second kappa shape index (κ2) is 3.51. The zero-order valence-electron chi connectivity index (χ0n) is 13.0. The van der Waals surface area contributed by atoms with Gasteiger partial charge in [0.05, 0.1) is 17.6 Å². The van der Waals surface area contributed by atoms with Crippen LogP contribution in [0, 0.1) is 11.3 Å². The molecular weight excluding hydrogens is 284 g/mol. The quantitative estimate of drug-likeness (QED) is 0.655. The molecule has 4 bridgehead atoms. The molecule has 2 heterocycles. The normalized spacial score (nSPS) is 59.0. The molecule has 0 aromatic heterocycles. The summed E-state index contributed by atoms with van der Waals surface area (Å²) in [7, 11) is 0. The monoisotopic (exact) mass is 306 g/mol. The number of rotatable bonds is 0. The Labute approximate surface area is 129 Å².